The van der Waals surface area contributed by atoms with Crippen molar-refractivity contribution in [2.24, 2.45) is 10.8 Å². The largest absolute Gasteiger partial charge is 0.489 e. The fraction of sp³-hybridized carbons (Fsp3) is 0.514. The van der Waals surface area contributed by atoms with Crippen molar-refractivity contribution in [2.45, 2.75) is 71.4 Å². The van der Waals surface area contributed by atoms with Gasteiger partial charge < -0.3 is 25.0 Å². The summed E-state index contributed by atoms with van der Waals surface area (Å²) in [5, 5.41) is 10.7. The van der Waals surface area contributed by atoms with E-state index < -0.39 is 36.1 Å². The SMILES string of the molecule is Cc1c(N)sc2c(F)ccc(-c3c(Cl)c4c5c(nc(OC[C@]67CCC[C@H]6N(C)CCC7)nc5c3F)N(CC(F)F)C(C(C)(C)C#N)CO4)c12. The lowest BCUT2D eigenvalue weighted by molar-refractivity contribution is 0.0133. The number of hydrogen-bond acceptors (Lipinski definition) is 9. The van der Waals surface area contributed by atoms with E-state index in [4.69, 9.17) is 26.8 Å². The highest BCUT2D eigenvalue weighted by Crippen LogP contribution is 2.52. The van der Waals surface area contributed by atoms with Crippen LogP contribution in [0, 0.1) is 40.7 Å². The Kier molecular flexibility index (Phi) is 8.52. The summed E-state index contributed by atoms with van der Waals surface area (Å²) in [5.74, 6) is -1.47. The molecule has 14 heteroatoms. The van der Waals surface area contributed by atoms with Gasteiger partial charge in [-0.15, -0.1) is 11.3 Å². The van der Waals surface area contributed by atoms with Gasteiger partial charge in [-0.05, 0) is 77.2 Å². The summed E-state index contributed by atoms with van der Waals surface area (Å²) in [5.41, 5.74) is 5.32. The minimum atomic E-state index is -2.83. The lowest BCUT2D eigenvalue weighted by Crippen LogP contribution is -2.50. The van der Waals surface area contributed by atoms with Gasteiger partial charge in [0.15, 0.2) is 11.6 Å². The number of rotatable bonds is 7. The summed E-state index contributed by atoms with van der Waals surface area (Å²) in [7, 11) is 2.11. The lowest BCUT2D eigenvalue weighted by atomic mass is 9.76. The number of anilines is 2. The van der Waals surface area contributed by atoms with E-state index in [1.165, 1.54) is 17.0 Å². The van der Waals surface area contributed by atoms with Gasteiger partial charge in [0.1, 0.15) is 23.8 Å². The van der Waals surface area contributed by atoms with E-state index >= 15 is 8.78 Å². The first-order chi connectivity index (χ1) is 23.3. The van der Waals surface area contributed by atoms with Gasteiger partial charge in [-0.1, -0.05) is 24.1 Å². The second kappa shape index (κ2) is 12.3. The Labute approximate surface area is 290 Å². The zero-order valence-electron chi connectivity index (χ0n) is 27.7. The van der Waals surface area contributed by atoms with Crippen molar-refractivity contribution in [2.75, 3.05) is 44.0 Å². The number of alkyl halides is 2. The van der Waals surface area contributed by atoms with Crippen LogP contribution in [0.3, 0.4) is 0 Å². The number of nitrogen functional groups attached to an aromatic ring is 1. The van der Waals surface area contributed by atoms with Crippen molar-refractivity contribution < 1.29 is 27.0 Å². The fourth-order valence-electron chi connectivity index (χ4n) is 8.25. The highest BCUT2D eigenvalue weighted by atomic mass is 35.5. The molecule has 49 heavy (non-hydrogen) atoms. The van der Waals surface area contributed by atoms with Crippen molar-refractivity contribution in [1.82, 2.24) is 14.9 Å². The Morgan fingerprint density at radius 2 is 1.98 bits per heavy atom. The number of nitrogens with two attached hydrogens (primary N) is 1. The van der Waals surface area contributed by atoms with Crippen LogP contribution in [0.5, 0.6) is 11.8 Å². The molecule has 2 aliphatic heterocycles. The number of likely N-dealkylation sites (tertiary alicyclic amines) is 1. The van der Waals surface area contributed by atoms with E-state index in [-0.39, 0.29) is 68.0 Å². The summed E-state index contributed by atoms with van der Waals surface area (Å²) in [4.78, 5) is 12.9. The first-order valence-electron chi connectivity index (χ1n) is 16.4. The molecule has 0 radical (unpaired) electrons. The minimum absolute atomic E-state index is 0.00953. The van der Waals surface area contributed by atoms with Gasteiger partial charge in [-0.25, -0.2) is 17.6 Å². The maximum Gasteiger partial charge on any atom is 0.319 e. The second-order valence-electron chi connectivity index (χ2n) is 14.1. The molecular weight excluding hydrogens is 680 g/mol. The van der Waals surface area contributed by atoms with Gasteiger partial charge in [-0.2, -0.15) is 15.2 Å². The molecule has 1 saturated heterocycles. The molecule has 0 amide bonds. The van der Waals surface area contributed by atoms with Gasteiger partial charge in [0, 0.05) is 22.4 Å². The number of ether oxygens (including phenoxy) is 2. The van der Waals surface area contributed by atoms with Gasteiger partial charge >= 0.3 is 6.01 Å². The number of fused-ring (bicyclic) bond motifs is 2. The molecule has 4 heterocycles. The van der Waals surface area contributed by atoms with E-state index in [9.17, 15) is 14.0 Å². The Hall–Kier alpha value is -3.60. The molecule has 3 aliphatic rings. The third-order valence-corrected chi connectivity index (χ3v) is 12.3. The van der Waals surface area contributed by atoms with Crippen molar-refractivity contribution in [3.05, 3.63) is 34.4 Å². The van der Waals surface area contributed by atoms with Gasteiger partial charge in [0.05, 0.1) is 50.8 Å². The predicted molar refractivity (Wildman–Crippen MR) is 184 cm³/mol. The van der Waals surface area contributed by atoms with Crippen LogP contribution in [-0.4, -0.2) is 66.7 Å². The average Bonchev–Trinajstić information content (AvgIpc) is 3.58. The zero-order valence-corrected chi connectivity index (χ0v) is 29.3. The number of hydrogen-bond donors (Lipinski definition) is 1. The van der Waals surface area contributed by atoms with Crippen LogP contribution in [0.4, 0.5) is 28.4 Å². The molecule has 7 rings (SSSR count). The molecule has 0 spiro atoms. The topological polar surface area (TPSA) is 101 Å². The number of piperidine rings is 1. The lowest BCUT2D eigenvalue weighted by Gasteiger charge is -2.44. The average molecular weight is 717 g/mol. The highest BCUT2D eigenvalue weighted by molar-refractivity contribution is 7.23. The molecule has 2 fully saturated rings. The van der Waals surface area contributed by atoms with Crippen molar-refractivity contribution in [3.63, 3.8) is 0 Å². The molecule has 2 N–H and O–H groups in total. The van der Waals surface area contributed by atoms with E-state index in [0.717, 1.165) is 50.0 Å². The number of nitriles is 1. The molecule has 2 aromatic carbocycles. The maximum atomic E-state index is 17.2. The van der Waals surface area contributed by atoms with Crippen LogP contribution >= 0.6 is 22.9 Å². The number of nitrogens with zero attached hydrogens (tertiary/aromatic N) is 5. The summed E-state index contributed by atoms with van der Waals surface area (Å²) < 4.78 is 73.8. The molecular formula is C35H37ClF4N6O2S. The Morgan fingerprint density at radius 1 is 1.22 bits per heavy atom. The van der Waals surface area contributed by atoms with Crippen LogP contribution in [0.2, 0.25) is 5.02 Å². The first kappa shape index (κ1) is 33.9. The third kappa shape index (κ3) is 5.42. The quantitative estimate of drug-likeness (QED) is 0.191. The molecule has 1 unspecified atom stereocenters. The standard InChI is InChI=1S/C35H37ClF4N6O2S/c1-17-23-18(8-9-19(37)30(23)49-31(17)42)24-26(36)29-25-28(27(24)40)43-33(48-16-35-10-5-7-20(35)45(4)12-6-11-35)44-32(25)46(13-22(38)39)21(14-47-29)34(2,3)15-41/h8-9,20-22H,5-7,10-14,16,42H2,1-4H3/t20-,21?,35-/m1/s1. The van der Waals surface area contributed by atoms with E-state index in [0.29, 0.717) is 22.0 Å². The van der Waals surface area contributed by atoms with Gasteiger partial charge in [-0.3, -0.25) is 0 Å². The Morgan fingerprint density at radius 3 is 2.71 bits per heavy atom. The van der Waals surface area contributed by atoms with Crippen molar-refractivity contribution in [3.8, 4) is 29.0 Å². The number of aromatic nitrogens is 2. The molecule has 1 aliphatic carbocycles. The normalized spacial score (nSPS) is 22.8. The minimum Gasteiger partial charge on any atom is -0.489 e. The van der Waals surface area contributed by atoms with E-state index in [1.807, 2.05) is 0 Å². The first-order valence-corrected chi connectivity index (χ1v) is 17.6. The van der Waals surface area contributed by atoms with Gasteiger partial charge in [0.2, 0.25) is 0 Å². The molecule has 3 atom stereocenters. The maximum absolute atomic E-state index is 17.2. The summed E-state index contributed by atoms with van der Waals surface area (Å²) in [6.45, 7) is 5.18. The van der Waals surface area contributed by atoms with Crippen LogP contribution in [-0.2, 0) is 0 Å². The molecule has 1 saturated carbocycles. The number of aryl methyl sites for hydroxylation is 1. The number of halogens is 5. The van der Waals surface area contributed by atoms with Crippen LogP contribution < -0.4 is 20.1 Å². The van der Waals surface area contributed by atoms with Crippen LogP contribution in [0.25, 0.3) is 32.1 Å². The second-order valence-corrected chi connectivity index (χ2v) is 15.6. The molecule has 4 aromatic rings. The smallest absolute Gasteiger partial charge is 0.319 e. The van der Waals surface area contributed by atoms with Crippen molar-refractivity contribution >= 4 is 54.7 Å². The third-order valence-electron chi connectivity index (χ3n) is 10.8. The summed E-state index contributed by atoms with van der Waals surface area (Å²) in [6, 6.07) is 4.06. The summed E-state index contributed by atoms with van der Waals surface area (Å²) in [6.07, 6.45) is 2.16. The highest BCUT2D eigenvalue weighted by Gasteiger charge is 2.48. The van der Waals surface area contributed by atoms with Crippen LogP contribution in [0.1, 0.15) is 51.5 Å². The molecule has 2 aromatic heterocycles. The molecule has 0 bridgehead atoms. The molecule has 8 nitrogen and oxygen atoms in total. The van der Waals surface area contributed by atoms with Crippen molar-refractivity contribution in [1.29, 1.82) is 5.26 Å². The molecule has 260 valence electrons. The van der Waals surface area contributed by atoms with E-state index in [1.54, 1.807) is 20.8 Å². The number of thiophene rings is 1. The fourth-order valence-corrected chi connectivity index (χ4v) is 9.59. The zero-order chi connectivity index (χ0) is 35.0. The number of benzene rings is 2. The monoisotopic (exact) mass is 716 g/mol. The predicted octanol–water partition coefficient (Wildman–Crippen LogP) is 8.36. The van der Waals surface area contributed by atoms with Gasteiger partial charge in [0.25, 0.3) is 6.43 Å². The van der Waals surface area contributed by atoms with E-state index in [2.05, 4.69) is 28.0 Å². The summed E-state index contributed by atoms with van der Waals surface area (Å²) >= 11 is 8.07. The Balaban J connectivity index is 1.48. The van der Waals surface area contributed by atoms with Crippen LogP contribution in [0.15, 0.2) is 12.1 Å². The Bertz CT molecular complexity index is 2020.